The third-order valence-electron chi connectivity index (χ3n) is 7.03. The number of pyridine rings is 1. The maximum Gasteiger partial charge on any atom is 0.254 e. The van der Waals surface area contributed by atoms with Gasteiger partial charge in [0.15, 0.2) is 0 Å². The minimum Gasteiger partial charge on any atom is -0.457 e. The van der Waals surface area contributed by atoms with Crippen LogP contribution < -0.4 is 20.1 Å². The Balaban J connectivity index is 1.27. The van der Waals surface area contributed by atoms with Gasteiger partial charge in [-0.25, -0.2) is 9.37 Å². The second kappa shape index (κ2) is 10.5. The van der Waals surface area contributed by atoms with Gasteiger partial charge in [-0.15, -0.1) is 0 Å². The number of benzene rings is 2. The maximum absolute atomic E-state index is 13.4. The Bertz CT molecular complexity index is 1380. The molecule has 1 aromatic heterocycles. The number of rotatable bonds is 7. The molecule has 196 valence electrons. The van der Waals surface area contributed by atoms with E-state index in [1.165, 1.54) is 12.1 Å². The molecular weight excluding hydrogens is 487 g/mol. The summed E-state index contributed by atoms with van der Waals surface area (Å²) in [6.07, 6.45) is 6.96. The number of hydrogen-bond donors (Lipinski definition) is 1. The number of nitrogens with zero attached hydrogens (tertiary/aromatic N) is 3. The SMILES string of the molecule is C/C=C/C(=O)N1CCC2(CCN(c3cnc(Oc4ccc(Oc5cccc(F)c5)cc4)c(C(N)=O)c3)C2)C1. The summed E-state index contributed by atoms with van der Waals surface area (Å²) in [4.78, 5) is 33.1. The molecule has 3 aromatic rings. The summed E-state index contributed by atoms with van der Waals surface area (Å²) in [6, 6.07) is 14.3. The Kier molecular flexibility index (Phi) is 7.00. The monoisotopic (exact) mass is 516 g/mol. The summed E-state index contributed by atoms with van der Waals surface area (Å²) in [7, 11) is 0. The molecule has 1 spiro atoms. The lowest BCUT2D eigenvalue weighted by atomic mass is 9.86. The van der Waals surface area contributed by atoms with Crippen LogP contribution in [0.25, 0.3) is 0 Å². The van der Waals surface area contributed by atoms with Gasteiger partial charge in [-0.3, -0.25) is 9.59 Å². The first-order chi connectivity index (χ1) is 18.3. The van der Waals surface area contributed by atoms with Crippen molar-refractivity contribution < 1.29 is 23.5 Å². The number of primary amides is 1. The van der Waals surface area contributed by atoms with Crippen molar-refractivity contribution in [2.24, 2.45) is 11.1 Å². The summed E-state index contributed by atoms with van der Waals surface area (Å²) in [5, 5.41) is 0. The fourth-order valence-electron chi connectivity index (χ4n) is 5.09. The van der Waals surface area contributed by atoms with Crippen molar-refractivity contribution in [3.63, 3.8) is 0 Å². The van der Waals surface area contributed by atoms with Gasteiger partial charge in [-0.05, 0) is 68.3 Å². The van der Waals surface area contributed by atoms with Gasteiger partial charge in [-0.1, -0.05) is 12.1 Å². The Morgan fingerprint density at radius 3 is 2.45 bits per heavy atom. The average Bonchev–Trinajstić information content (AvgIpc) is 3.52. The first-order valence-electron chi connectivity index (χ1n) is 12.5. The Hall–Kier alpha value is -4.40. The Morgan fingerprint density at radius 2 is 1.74 bits per heavy atom. The van der Waals surface area contributed by atoms with E-state index in [-0.39, 0.29) is 28.6 Å². The number of carbonyl (C=O) groups is 2. The van der Waals surface area contributed by atoms with E-state index in [0.29, 0.717) is 17.2 Å². The van der Waals surface area contributed by atoms with Crippen LogP contribution in [0.4, 0.5) is 10.1 Å². The van der Waals surface area contributed by atoms with Gasteiger partial charge in [0.1, 0.15) is 28.6 Å². The van der Waals surface area contributed by atoms with Crippen LogP contribution in [0.15, 0.2) is 72.9 Å². The number of allylic oxidation sites excluding steroid dienone is 1. The smallest absolute Gasteiger partial charge is 0.254 e. The molecule has 0 aliphatic carbocycles. The van der Waals surface area contributed by atoms with Gasteiger partial charge in [0.2, 0.25) is 11.8 Å². The lowest BCUT2D eigenvalue weighted by Crippen LogP contribution is -2.33. The van der Waals surface area contributed by atoms with Crippen LogP contribution in [0, 0.1) is 11.2 Å². The fraction of sp³-hybridized carbons (Fsp3) is 0.276. The number of halogens is 1. The Labute approximate surface area is 220 Å². The zero-order valence-electron chi connectivity index (χ0n) is 21.1. The van der Waals surface area contributed by atoms with Gasteiger partial charge in [-0.2, -0.15) is 0 Å². The first-order valence-corrected chi connectivity index (χ1v) is 12.5. The maximum atomic E-state index is 13.4. The average molecular weight is 517 g/mol. The number of likely N-dealkylation sites (tertiary alicyclic amines) is 1. The number of carbonyl (C=O) groups excluding carboxylic acids is 2. The lowest BCUT2D eigenvalue weighted by Gasteiger charge is -2.25. The summed E-state index contributed by atoms with van der Waals surface area (Å²) >= 11 is 0. The minimum atomic E-state index is -0.640. The van der Waals surface area contributed by atoms with Crippen molar-refractivity contribution in [1.82, 2.24) is 9.88 Å². The number of anilines is 1. The van der Waals surface area contributed by atoms with E-state index in [2.05, 4.69) is 9.88 Å². The van der Waals surface area contributed by atoms with Crippen molar-refractivity contribution in [3.05, 3.63) is 84.3 Å². The van der Waals surface area contributed by atoms with Crippen molar-refractivity contribution in [1.29, 1.82) is 0 Å². The molecule has 2 aliphatic heterocycles. The standard InChI is InChI=1S/C29H29FN4O4/c1-2-4-26(35)34-14-12-29(19-34)11-13-33(18-29)21-16-25(27(31)36)28(32-17-21)38-23-9-7-22(8-10-23)37-24-6-3-5-20(30)15-24/h2-10,15-17H,11-14,18-19H2,1H3,(H2,31,36)/b4-2+. The molecule has 0 saturated carbocycles. The van der Waals surface area contributed by atoms with Gasteiger partial charge in [0.05, 0.1) is 11.9 Å². The molecule has 2 aliphatic rings. The van der Waals surface area contributed by atoms with E-state index >= 15 is 0 Å². The predicted molar refractivity (Wildman–Crippen MR) is 141 cm³/mol. The summed E-state index contributed by atoms with van der Waals surface area (Å²) in [5.74, 6) is 0.459. The van der Waals surface area contributed by atoms with Gasteiger partial charge in [0, 0.05) is 37.7 Å². The van der Waals surface area contributed by atoms with E-state index in [9.17, 15) is 14.0 Å². The number of ether oxygens (including phenoxy) is 2. The number of aromatic nitrogens is 1. The highest BCUT2D eigenvalue weighted by molar-refractivity contribution is 5.96. The molecule has 1 unspecified atom stereocenters. The van der Waals surface area contributed by atoms with Gasteiger partial charge >= 0.3 is 0 Å². The van der Waals surface area contributed by atoms with E-state index < -0.39 is 5.91 Å². The van der Waals surface area contributed by atoms with Crippen LogP contribution in [0.5, 0.6) is 23.1 Å². The predicted octanol–water partition coefficient (Wildman–Crippen LogP) is 4.91. The molecule has 0 bridgehead atoms. The molecule has 1 atom stereocenters. The van der Waals surface area contributed by atoms with E-state index in [4.69, 9.17) is 15.2 Å². The van der Waals surface area contributed by atoms with Crippen LogP contribution in [-0.4, -0.2) is 47.9 Å². The third-order valence-corrected chi connectivity index (χ3v) is 7.03. The van der Waals surface area contributed by atoms with Crippen LogP contribution >= 0.6 is 0 Å². The molecule has 9 heteroatoms. The molecule has 5 rings (SSSR count). The quantitative estimate of drug-likeness (QED) is 0.448. The lowest BCUT2D eigenvalue weighted by molar-refractivity contribution is -0.125. The van der Waals surface area contributed by atoms with Gasteiger partial charge < -0.3 is 25.0 Å². The topological polar surface area (TPSA) is 98.0 Å². The second-order valence-corrected chi connectivity index (χ2v) is 9.72. The first kappa shape index (κ1) is 25.3. The van der Waals surface area contributed by atoms with Gasteiger partial charge in [0.25, 0.3) is 5.91 Å². The third kappa shape index (κ3) is 5.46. The Morgan fingerprint density at radius 1 is 1.00 bits per heavy atom. The van der Waals surface area contributed by atoms with Crippen LogP contribution in [0.2, 0.25) is 0 Å². The highest BCUT2D eigenvalue weighted by atomic mass is 19.1. The number of hydrogen-bond acceptors (Lipinski definition) is 6. The molecule has 2 saturated heterocycles. The fourth-order valence-corrected chi connectivity index (χ4v) is 5.09. The molecule has 8 nitrogen and oxygen atoms in total. The number of amides is 2. The van der Waals surface area contributed by atoms with Crippen LogP contribution in [0.3, 0.4) is 0 Å². The molecular formula is C29H29FN4O4. The molecule has 2 aromatic carbocycles. The highest BCUT2D eigenvalue weighted by Gasteiger charge is 2.44. The minimum absolute atomic E-state index is 0.0363. The van der Waals surface area contributed by atoms with Crippen LogP contribution in [-0.2, 0) is 4.79 Å². The number of nitrogens with two attached hydrogens (primary N) is 1. The van der Waals surface area contributed by atoms with E-state index in [0.717, 1.165) is 44.7 Å². The van der Waals surface area contributed by atoms with E-state index in [1.54, 1.807) is 60.8 Å². The molecule has 0 radical (unpaired) electrons. The molecule has 2 fully saturated rings. The largest absolute Gasteiger partial charge is 0.457 e. The van der Waals surface area contributed by atoms with E-state index in [1.807, 2.05) is 11.8 Å². The normalized spacial score (nSPS) is 18.9. The molecule has 2 amide bonds. The van der Waals surface area contributed by atoms with Crippen molar-refractivity contribution in [2.45, 2.75) is 19.8 Å². The summed E-state index contributed by atoms with van der Waals surface area (Å²) in [6.45, 7) is 4.90. The van der Waals surface area contributed by atoms with Crippen molar-refractivity contribution in [3.8, 4) is 23.1 Å². The summed E-state index contributed by atoms with van der Waals surface area (Å²) in [5.41, 5.74) is 6.68. The highest BCUT2D eigenvalue weighted by Crippen LogP contribution is 2.41. The second-order valence-electron chi connectivity index (χ2n) is 9.72. The molecule has 38 heavy (non-hydrogen) atoms. The van der Waals surface area contributed by atoms with Crippen molar-refractivity contribution in [2.75, 3.05) is 31.1 Å². The molecule has 3 heterocycles. The zero-order chi connectivity index (χ0) is 26.7. The zero-order valence-corrected chi connectivity index (χ0v) is 21.1. The van der Waals surface area contributed by atoms with Crippen molar-refractivity contribution >= 4 is 17.5 Å². The van der Waals surface area contributed by atoms with Crippen LogP contribution in [0.1, 0.15) is 30.1 Å². The summed E-state index contributed by atoms with van der Waals surface area (Å²) < 4.78 is 24.9. The molecule has 2 N–H and O–H groups in total.